The molecule has 1 aromatic rings. The maximum absolute atomic E-state index is 12.1. The van der Waals surface area contributed by atoms with E-state index in [1.54, 1.807) is 13.0 Å². The summed E-state index contributed by atoms with van der Waals surface area (Å²) in [6.07, 6.45) is 3.38. The lowest BCUT2D eigenvalue weighted by molar-refractivity contribution is -0.130. The van der Waals surface area contributed by atoms with Crippen LogP contribution in [0.25, 0.3) is 0 Å². The van der Waals surface area contributed by atoms with Crippen molar-refractivity contribution < 1.29 is 4.79 Å². The molecule has 0 aromatic carbocycles. The van der Waals surface area contributed by atoms with Crippen LogP contribution in [0.4, 0.5) is 0 Å². The van der Waals surface area contributed by atoms with Gasteiger partial charge in [0.1, 0.15) is 0 Å². The summed E-state index contributed by atoms with van der Waals surface area (Å²) < 4.78 is 1.99. The van der Waals surface area contributed by atoms with Crippen LogP contribution in [0, 0.1) is 5.92 Å². The van der Waals surface area contributed by atoms with Gasteiger partial charge in [-0.05, 0) is 31.2 Å². The number of pyridine rings is 1. The monoisotopic (exact) mass is 315 g/mol. The van der Waals surface area contributed by atoms with E-state index in [0.29, 0.717) is 17.9 Å². The number of carbonyl (C=O) groups is 1. The van der Waals surface area contributed by atoms with Crippen molar-refractivity contribution in [3.05, 3.63) is 34.2 Å². The predicted molar refractivity (Wildman–Crippen MR) is 88.4 cm³/mol. The number of fused-ring (bicyclic) bond motifs is 4. The largest absolute Gasteiger partial charge is 0.343 e. The first-order valence-electron chi connectivity index (χ1n) is 8.81. The van der Waals surface area contributed by atoms with E-state index in [9.17, 15) is 9.59 Å². The molecular formula is C18H25N3O2. The molecule has 3 aliphatic heterocycles. The Morgan fingerprint density at radius 1 is 1.13 bits per heavy atom. The van der Waals surface area contributed by atoms with Gasteiger partial charge in [-0.3, -0.25) is 14.5 Å². The van der Waals surface area contributed by atoms with Crippen molar-refractivity contribution in [3.63, 3.8) is 0 Å². The van der Waals surface area contributed by atoms with Gasteiger partial charge in [0.15, 0.2) is 0 Å². The van der Waals surface area contributed by atoms with Gasteiger partial charge < -0.3 is 9.47 Å². The third kappa shape index (κ3) is 2.71. The second-order valence-electron chi connectivity index (χ2n) is 7.39. The summed E-state index contributed by atoms with van der Waals surface area (Å²) in [6, 6.07) is 6.31. The van der Waals surface area contributed by atoms with E-state index >= 15 is 0 Å². The molecule has 0 aliphatic carbocycles. The number of carbonyl (C=O) groups excluding carboxylic acids is 1. The number of hydrogen-bond acceptors (Lipinski definition) is 3. The molecular weight excluding hydrogens is 290 g/mol. The molecule has 0 unspecified atom stereocenters. The number of hydrogen-bond donors (Lipinski definition) is 0. The van der Waals surface area contributed by atoms with Gasteiger partial charge in [0.05, 0.1) is 0 Å². The molecule has 0 N–H and O–H groups in total. The fraction of sp³-hybridized carbons (Fsp3) is 0.667. The highest BCUT2D eigenvalue weighted by atomic mass is 16.2. The summed E-state index contributed by atoms with van der Waals surface area (Å²) in [5.41, 5.74) is 1.38. The van der Waals surface area contributed by atoms with E-state index < -0.39 is 0 Å². The second-order valence-corrected chi connectivity index (χ2v) is 7.39. The van der Waals surface area contributed by atoms with Crippen molar-refractivity contribution in [2.24, 2.45) is 5.92 Å². The Kier molecular flexibility index (Phi) is 3.76. The average molecular weight is 315 g/mol. The van der Waals surface area contributed by atoms with E-state index in [1.807, 2.05) is 15.5 Å². The van der Waals surface area contributed by atoms with Crippen LogP contribution in [0.5, 0.6) is 0 Å². The van der Waals surface area contributed by atoms with Crippen LogP contribution in [0.15, 0.2) is 23.0 Å². The predicted octanol–water partition coefficient (Wildman–Crippen LogP) is 1.28. The zero-order valence-electron chi connectivity index (χ0n) is 13.8. The van der Waals surface area contributed by atoms with E-state index in [1.165, 1.54) is 12.1 Å². The van der Waals surface area contributed by atoms with Gasteiger partial charge in [-0.2, -0.15) is 0 Å². The summed E-state index contributed by atoms with van der Waals surface area (Å²) in [5, 5.41) is 0. The van der Waals surface area contributed by atoms with Crippen molar-refractivity contribution in [3.8, 4) is 0 Å². The molecule has 2 fully saturated rings. The Labute approximate surface area is 136 Å². The van der Waals surface area contributed by atoms with Crippen LogP contribution in [0.3, 0.4) is 0 Å². The Hall–Kier alpha value is -1.62. The van der Waals surface area contributed by atoms with Gasteiger partial charge in [-0.1, -0.05) is 6.07 Å². The molecule has 2 bridgehead atoms. The second kappa shape index (κ2) is 5.78. The van der Waals surface area contributed by atoms with Crippen LogP contribution in [-0.2, 0) is 11.3 Å². The molecule has 124 valence electrons. The molecule has 5 heteroatoms. The van der Waals surface area contributed by atoms with Crippen molar-refractivity contribution in [2.45, 2.75) is 44.7 Å². The van der Waals surface area contributed by atoms with Crippen LogP contribution in [0.2, 0.25) is 0 Å². The summed E-state index contributed by atoms with van der Waals surface area (Å²) in [5.74, 6) is 1.28. The smallest absolute Gasteiger partial charge is 0.250 e. The first kappa shape index (κ1) is 14.9. The Balaban J connectivity index is 1.49. The lowest BCUT2D eigenvalue weighted by Crippen LogP contribution is -2.53. The first-order chi connectivity index (χ1) is 11.1. The molecule has 1 amide bonds. The molecule has 0 spiro atoms. The Morgan fingerprint density at radius 3 is 2.65 bits per heavy atom. The third-order valence-electron chi connectivity index (χ3n) is 5.93. The summed E-state index contributed by atoms with van der Waals surface area (Å²) in [6.45, 7) is 6.48. The zero-order chi connectivity index (χ0) is 16.0. The maximum atomic E-state index is 12.1. The zero-order valence-corrected chi connectivity index (χ0v) is 13.8. The highest BCUT2D eigenvalue weighted by Crippen LogP contribution is 2.36. The number of likely N-dealkylation sites (tertiary alicyclic amines) is 2. The van der Waals surface area contributed by atoms with Crippen LogP contribution in [-0.4, -0.2) is 52.5 Å². The number of piperidine rings is 2. The van der Waals surface area contributed by atoms with Crippen LogP contribution in [0.1, 0.15) is 37.8 Å². The topological polar surface area (TPSA) is 45.6 Å². The van der Waals surface area contributed by atoms with E-state index in [2.05, 4.69) is 11.0 Å². The Morgan fingerprint density at radius 2 is 1.91 bits per heavy atom. The van der Waals surface area contributed by atoms with Gasteiger partial charge in [0, 0.05) is 63.4 Å². The molecule has 3 aliphatic rings. The third-order valence-corrected chi connectivity index (χ3v) is 5.93. The number of rotatable bonds is 1. The highest BCUT2D eigenvalue weighted by molar-refractivity contribution is 5.73. The van der Waals surface area contributed by atoms with Crippen LogP contribution >= 0.6 is 0 Å². The standard InChI is InChI=1S/C18H25N3O2/c1-13(22)19-7-5-16(6-8-19)20-10-14-9-15(12-20)17-3-2-4-18(23)21(17)11-14/h2-4,14-16H,5-12H2,1H3/t14-,15+/m0/s1. The van der Waals surface area contributed by atoms with Crippen molar-refractivity contribution in [1.82, 2.24) is 14.4 Å². The molecule has 0 saturated carbocycles. The van der Waals surface area contributed by atoms with E-state index in [4.69, 9.17) is 0 Å². The highest BCUT2D eigenvalue weighted by Gasteiger charge is 2.37. The minimum atomic E-state index is 0.153. The number of aromatic nitrogens is 1. The van der Waals surface area contributed by atoms with Gasteiger partial charge in [0.25, 0.3) is 5.56 Å². The van der Waals surface area contributed by atoms with E-state index in [-0.39, 0.29) is 11.5 Å². The number of amides is 1. The van der Waals surface area contributed by atoms with Crippen molar-refractivity contribution in [1.29, 1.82) is 0 Å². The van der Waals surface area contributed by atoms with Crippen LogP contribution < -0.4 is 5.56 Å². The van der Waals surface area contributed by atoms with Crippen molar-refractivity contribution in [2.75, 3.05) is 26.2 Å². The van der Waals surface area contributed by atoms with E-state index in [0.717, 1.165) is 45.6 Å². The van der Waals surface area contributed by atoms with Gasteiger partial charge in [0.2, 0.25) is 5.91 Å². The normalized spacial score (nSPS) is 28.5. The molecule has 2 saturated heterocycles. The fourth-order valence-corrected chi connectivity index (χ4v) is 4.78. The SMILES string of the molecule is CC(=O)N1CCC(N2C[C@@H]3C[C@H](C2)c2cccc(=O)n2C3)CC1. The molecule has 23 heavy (non-hydrogen) atoms. The molecule has 4 rings (SSSR count). The Bertz CT molecular complexity index is 660. The molecule has 5 nitrogen and oxygen atoms in total. The lowest BCUT2D eigenvalue weighted by atomic mass is 9.82. The molecule has 0 radical (unpaired) electrons. The average Bonchev–Trinajstić information content (AvgIpc) is 2.56. The lowest BCUT2D eigenvalue weighted by Gasteiger charge is -2.47. The molecule has 1 aromatic heterocycles. The molecule has 2 atom stereocenters. The molecule has 4 heterocycles. The summed E-state index contributed by atoms with van der Waals surface area (Å²) >= 11 is 0. The van der Waals surface area contributed by atoms with Gasteiger partial charge in [-0.25, -0.2) is 0 Å². The number of nitrogens with zero attached hydrogens (tertiary/aromatic N) is 3. The minimum absolute atomic E-state index is 0.153. The maximum Gasteiger partial charge on any atom is 0.250 e. The summed E-state index contributed by atoms with van der Waals surface area (Å²) in [7, 11) is 0. The first-order valence-corrected chi connectivity index (χ1v) is 8.81. The van der Waals surface area contributed by atoms with Gasteiger partial charge in [-0.15, -0.1) is 0 Å². The minimum Gasteiger partial charge on any atom is -0.343 e. The quantitative estimate of drug-likeness (QED) is 0.784. The van der Waals surface area contributed by atoms with Crippen molar-refractivity contribution >= 4 is 5.91 Å². The van der Waals surface area contributed by atoms with Gasteiger partial charge >= 0.3 is 0 Å². The fourth-order valence-electron chi connectivity index (χ4n) is 4.78. The summed E-state index contributed by atoms with van der Waals surface area (Å²) in [4.78, 5) is 28.2.